The Kier molecular flexibility index (Phi) is 6.09. The minimum Gasteiger partial charge on any atom is -0.336 e. The van der Waals surface area contributed by atoms with Crippen molar-refractivity contribution in [3.05, 3.63) is 107 Å². The zero-order valence-corrected chi connectivity index (χ0v) is 18.3. The number of nitrogens with zero attached hydrogens (tertiary/aromatic N) is 6. The summed E-state index contributed by atoms with van der Waals surface area (Å²) in [5.41, 5.74) is 2.97. The lowest BCUT2D eigenvalue weighted by atomic mass is 9.96. The molecule has 9 heteroatoms. The molecule has 2 heterocycles. The summed E-state index contributed by atoms with van der Waals surface area (Å²) in [4.78, 5) is 17.4. The van der Waals surface area contributed by atoms with Gasteiger partial charge in [-0.1, -0.05) is 36.4 Å². The Morgan fingerprint density at radius 2 is 1.38 bits per heavy atom. The van der Waals surface area contributed by atoms with Crippen molar-refractivity contribution < 1.29 is 13.6 Å². The summed E-state index contributed by atoms with van der Waals surface area (Å²) in [7, 11) is 0. The first-order valence-electron chi connectivity index (χ1n) is 11.0. The molecule has 4 aromatic rings. The molecule has 0 saturated carbocycles. The fraction of sp³-hybridized carbons (Fsp3) is 0.200. The molecule has 1 aliphatic heterocycles. The van der Waals surface area contributed by atoms with E-state index in [9.17, 15) is 13.6 Å². The normalized spacial score (nSPS) is 14.5. The minimum atomic E-state index is -0.307. The zero-order valence-electron chi connectivity index (χ0n) is 18.3. The maximum absolute atomic E-state index is 13.6. The predicted molar refractivity (Wildman–Crippen MR) is 121 cm³/mol. The number of carbonyl (C=O) groups is 1. The lowest BCUT2D eigenvalue weighted by Crippen LogP contribution is -2.50. The van der Waals surface area contributed by atoms with Crippen LogP contribution < -0.4 is 0 Å². The molecule has 1 aromatic heterocycles. The lowest BCUT2D eigenvalue weighted by molar-refractivity contribution is 0.0597. The third kappa shape index (κ3) is 4.42. The number of aromatic nitrogens is 4. The van der Waals surface area contributed by atoms with Crippen molar-refractivity contribution >= 4 is 5.91 Å². The van der Waals surface area contributed by atoms with Crippen molar-refractivity contribution in [1.82, 2.24) is 30.0 Å². The van der Waals surface area contributed by atoms with Gasteiger partial charge >= 0.3 is 0 Å². The van der Waals surface area contributed by atoms with Gasteiger partial charge in [-0.05, 0) is 58.0 Å². The summed E-state index contributed by atoms with van der Waals surface area (Å²) in [5, 5.41) is 11.2. The van der Waals surface area contributed by atoms with Gasteiger partial charge in [0, 0.05) is 26.2 Å². The van der Waals surface area contributed by atoms with E-state index in [4.69, 9.17) is 0 Å². The van der Waals surface area contributed by atoms with Crippen LogP contribution in [0.3, 0.4) is 0 Å². The SMILES string of the molecule is O=C(c1ccccc1-n1cnnn1)N1CCN(C(c2ccc(F)cc2)c2ccc(F)cc2)CC1. The van der Waals surface area contributed by atoms with E-state index in [1.807, 2.05) is 17.0 Å². The second kappa shape index (κ2) is 9.48. The number of tetrazole rings is 1. The van der Waals surface area contributed by atoms with Gasteiger partial charge in [-0.2, -0.15) is 4.68 Å². The Morgan fingerprint density at radius 1 is 0.794 bits per heavy atom. The van der Waals surface area contributed by atoms with E-state index in [2.05, 4.69) is 20.4 Å². The summed E-state index contributed by atoms with van der Waals surface area (Å²) >= 11 is 0. The highest BCUT2D eigenvalue weighted by Crippen LogP contribution is 2.30. The molecule has 1 saturated heterocycles. The van der Waals surface area contributed by atoms with Crippen LogP contribution in [0, 0.1) is 11.6 Å². The Hall–Kier alpha value is -3.98. The van der Waals surface area contributed by atoms with Gasteiger partial charge in [-0.3, -0.25) is 9.69 Å². The quantitative estimate of drug-likeness (QED) is 0.456. The zero-order chi connectivity index (χ0) is 23.5. The molecule has 0 radical (unpaired) electrons. The number of para-hydroxylation sites is 1. The summed E-state index contributed by atoms with van der Waals surface area (Å²) in [6, 6.07) is 19.8. The summed E-state index contributed by atoms with van der Waals surface area (Å²) in [5.74, 6) is -0.706. The van der Waals surface area contributed by atoms with E-state index in [1.165, 1.54) is 35.3 Å². The largest absolute Gasteiger partial charge is 0.336 e. The van der Waals surface area contributed by atoms with Gasteiger partial charge in [-0.15, -0.1) is 5.10 Å². The Labute approximate surface area is 195 Å². The standard InChI is InChI=1S/C25H22F2N6O/c26-20-9-5-18(6-10-20)24(19-7-11-21(27)12-8-19)31-13-15-32(16-14-31)25(34)22-3-1-2-4-23(22)33-17-28-29-30-33/h1-12,17,24H,13-16H2. The Bertz CT molecular complexity index is 1210. The van der Waals surface area contributed by atoms with Crippen molar-refractivity contribution in [1.29, 1.82) is 0 Å². The smallest absolute Gasteiger partial charge is 0.256 e. The Morgan fingerprint density at radius 3 is 1.94 bits per heavy atom. The van der Waals surface area contributed by atoms with Crippen LogP contribution in [0.25, 0.3) is 5.69 Å². The number of halogens is 2. The predicted octanol–water partition coefficient (Wildman–Crippen LogP) is 3.49. The number of amides is 1. The molecule has 0 N–H and O–H groups in total. The second-order valence-electron chi connectivity index (χ2n) is 8.11. The molecule has 34 heavy (non-hydrogen) atoms. The molecule has 172 valence electrons. The van der Waals surface area contributed by atoms with Gasteiger partial charge in [0.1, 0.15) is 18.0 Å². The third-order valence-corrected chi connectivity index (χ3v) is 6.07. The molecule has 5 rings (SSSR count). The van der Waals surface area contributed by atoms with Crippen molar-refractivity contribution in [2.75, 3.05) is 26.2 Å². The van der Waals surface area contributed by atoms with E-state index < -0.39 is 0 Å². The third-order valence-electron chi connectivity index (χ3n) is 6.07. The first-order valence-corrected chi connectivity index (χ1v) is 11.0. The summed E-state index contributed by atoms with van der Waals surface area (Å²) < 4.78 is 28.6. The van der Waals surface area contributed by atoms with Crippen molar-refractivity contribution in [3.8, 4) is 5.69 Å². The molecular formula is C25H22F2N6O. The second-order valence-corrected chi connectivity index (χ2v) is 8.11. The molecule has 0 atom stereocenters. The van der Waals surface area contributed by atoms with Crippen LogP contribution in [-0.2, 0) is 0 Å². The number of benzene rings is 3. The van der Waals surface area contributed by atoms with E-state index in [0.717, 1.165) is 11.1 Å². The van der Waals surface area contributed by atoms with E-state index in [1.54, 1.807) is 36.4 Å². The molecule has 0 unspecified atom stereocenters. The lowest BCUT2D eigenvalue weighted by Gasteiger charge is -2.40. The average Bonchev–Trinajstić information content (AvgIpc) is 3.41. The van der Waals surface area contributed by atoms with Crippen molar-refractivity contribution in [3.63, 3.8) is 0 Å². The van der Waals surface area contributed by atoms with E-state index in [0.29, 0.717) is 37.4 Å². The molecular weight excluding hydrogens is 438 g/mol. The summed E-state index contributed by atoms with van der Waals surface area (Å²) in [6.45, 7) is 2.25. The van der Waals surface area contributed by atoms with Crippen molar-refractivity contribution in [2.24, 2.45) is 0 Å². The van der Waals surface area contributed by atoms with Crippen LogP contribution in [0.2, 0.25) is 0 Å². The number of rotatable bonds is 5. The van der Waals surface area contributed by atoms with Crippen LogP contribution in [-0.4, -0.2) is 62.1 Å². The topological polar surface area (TPSA) is 67.2 Å². The van der Waals surface area contributed by atoms with Gasteiger partial charge in [0.2, 0.25) is 0 Å². The highest BCUT2D eigenvalue weighted by atomic mass is 19.1. The maximum Gasteiger partial charge on any atom is 0.256 e. The molecule has 1 amide bonds. The molecule has 0 bridgehead atoms. The van der Waals surface area contributed by atoms with Crippen LogP contribution in [0.4, 0.5) is 8.78 Å². The van der Waals surface area contributed by atoms with Crippen LogP contribution in [0.15, 0.2) is 79.1 Å². The van der Waals surface area contributed by atoms with Gasteiger partial charge in [0.05, 0.1) is 17.3 Å². The van der Waals surface area contributed by atoms with Gasteiger partial charge in [0.25, 0.3) is 5.91 Å². The highest BCUT2D eigenvalue weighted by Gasteiger charge is 2.29. The molecule has 3 aromatic carbocycles. The molecule has 1 fully saturated rings. The molecule has 0 spiro atoms. The monoisotopic (exact) mass is 460 g/mol. The van der Waals surface area contributed by atoms with E-state index >= 15 is 0 Å². The van der Waals surface area contributed by atoms with Crippen LogP contribution in [0.1, 0.15) is 27.5 Å². The average molecular weight is 460 g/mol. The van der Waals surface area contributed by atoms with Gasteiger partial charge < -0.3 is 4.90 Å². The number of carbonyl (C=O) groups excluding carboxylic acids is 1. The van der Waals surface area contributed by atoms with Crippen LogP contribution in [0.5, 0.6) is 0 Å². The minimum absolute atomic E-state index is 0.0918. The van der Waals surface area contributed by atoms with Crippen molar-refractivity contribution in [2.45, 2.75) is 6.04 Å². The fourth-order valence-electron chi connectivity index (χ4n) is 4.38. The van der Waals surface area contributed by atoms with Crippen LogP contribution >= 0.6 is 0 Å². The Balaban J connectivity index is 1.36. The highest BCUT2D eigenvalue weighted by molar-refractivity contribution is 5.97. The first kappa shape index (κ1) is 21.8. The number of piperazine rings is 1. The van der Waals surface area contributed by atoms with E-state index in [-0.39, 0.29) is 23.6 Å². The molecule has 7 nitrogen and oxygen atoms in total. The number of hydrogen-bond acceptors (Lipinski definition) is 5. The summed E-state index contributed by atoms with van der Waals surface area (Å²) in [6.07, 6.45) is 1.46. The molecule has 0 aliphatic carbocycles. The first-order chi connectivity index (χ1) is 16.6. The number of hydrogen-bond donors (Lipinski definition) is 0. The molecule has 1 aliphatic rings. The van der Waals surface area contributed by atoms with Gasteiger partial charge in [-0.25, -0.2) is 8.78 Å². The van der Waals surface area contributed by atoms with Gasteiger partial charge in [0.15, 0.2) is 0 Å². The fourth-order valence-corrected chi connectivity index (χ4v) is 4.38. The maximum atomic E-state index is 13.6.